The lowest BCUT2D eigenvalue weighted by Crippen LogP contribution is -2.47. The molecule has 1 fully saturated rings. The lowest BCUT2D eigenvalue weighted by atomic mass is 10.0. The SMILES string of the molecule is Cc1cc(-c2ccccc2)nc(OCCN2CCN(C3=COC(C4=CC=CCC4)=CO3)CC2)c1S(C)(=O)=O. The molecule has 0 unspecified atom stereocenters. The highest BCUT2D eigenvalue weighted by atomic mass is 32.2. The number of benzene rings is 1. The third kappa shape index (κ3) is 6.11. The summed E-state index contributed by atoms with van der Waals surface area (Å²) < 4.78 is 42.8. The Kier molecular flexibility index (Phi) is 7.85. The summed E-state index contributed by atoms with van der Waals surface area (Å²) in [6.45, 7) is 6.01. The maximum atomic E-state index is 12.5. The maximum Gasteiger partial charge on any atom is 0.233 e. The van der Waals surface area contributed by atoms with Crippen LogP contribution in [0.1, 0.15) is 18.4 Å². The second-order valence-electron chi connectivity index (χ2n) is 9.61. The van der Waals surface area contributed by atoms with Crippen LogP contribution in [0.3, 0.4) is 0 Å². The number of rotatable bonds is 8. The van der Waals surface area contributed by atoms with Crippen LogP contribution in [-0.2, 0) is 19.3 Å². The summed E-state index contributed by atoms with van der Waals surface area (Å²) in [4.78, 5) is 9.19. The Hall–Kier alpha value is -3.56. The molecule has 3 aliphatic rings. The van der Waals surface area contributed by atoms with E-state index in [2.05, 4.69) is 26.9 Å². The maximum absolute atomic E-state index is 12.5. The zero-order valence-corrected chi connectivity index (χ0v) is 22.6. The van der Waals surface area contributed by atoms with Gasteiger partial charge in [-0.3, -0.25) is 4.90 Å². The van der Waals surface area contributed by atoms with Crippen molar-refractivity contribution in [1.29, 1.82) is 0 Å². The minimum absolute atomic E-state index is 0.149. The van der Waals surface area contributed by atoms with Gasteiger partial charge in [0.25, 0.3) is 0 Å². The van der Waals surface area contributed by atoms with Crippen molar-refractivity contribution in [2.24, 2.45) is 0 Å². The highest BCUT2D eigenvalue weighted by molar-refractivity contribution is 7.90. The van der Waals surface area contributed by atoms with E-state index in [1.54, 1.807) is 25.5 Å². The van der Waals surface area contributed by atoms with Crippen molar-refractivity contribution in [2.75, 3.05) is 45.6 Å². The fourth-order valence-electron chi connectivity index (χ4n) is 4.79. The van der Waals surface area contributed by atoms with E-state index < -0.39 is 9.84 Å². The molecular formula is C29H33N3O5S. The first-order valence-corrected chi connectivity index (χ1v) is 14.7. The van der Waals surface area contributed by atoms with Gasteiger partial charge in [0.05, 0.1) is 5.69 Å². The molecule has 38 heavy (non-hydrogen) atoms. The Morgan fingerprint density at radius 1 is 1.05 bits per heavy atom. The summed E-state index contributed by atoms with van der Waals surface area (Å²) in [6.07, 6.45) is 12.8. The van der Waals surface area contributed by atoms with Gasteiger partial charge in [-0.2, -0.15) is 0 Å². The number of aryl methyl sites for hydroxylation is 1. The number of hydrogen-bond donors (Lipinski definition) is 0. The normalized spacial score (nSPS) is 18.2. The van der Waals surface area contributed by atoms with Crippen LogP contribution in [-0.4, -0.2) is 68.8 Å². The molecule has 5 rings (SSSR count). The van der Waals surface area contributed by atoms with Crippen molar-refractivity contribution < 1.29 is 22.6 Å². The van der Waals surface area contributed by atoms with Crippen molar-refractivity contribution in [2.45, 2.75) is 24.7 Å². The van der Waals surface area contributed by atoms with Crippen LogP contribution < -0.4 is 4.74 Å². The predicted molar refractivity (Wildman–Crippen MR) is 146 cm³/mol. The zero-order chi connectivity index (χ0) is 26.5. The first-order chi connectivity index (χ1) is 18.4. The van der Waals surface area contributed by atoms with Gasteiger partial charge in [-0.15, -0.1) is 0 Å². The quantitative estimate of drug-likeness (QED) is 0.492. The Morgan fingerprint density at radius 2 is 1.84 bits per heavy atom. The molecule has 0 spiro atoms. The van der Waals surface area contributed by atoms with Crippen LogP contribution in [0.15, 0.2) is 89.3 Å². The molecule has 1 aliphatic carbocycles. The summed E-state index contributed by atoms with van der Waals surface area (Å²) in [6, 6.07) is 11.5. The van der Waals surface area contributed by atoms with Gasteiger partial charge in [0.15, 0.2) is 21.9 Å². The van der Waals surface area contributed by atoms with Crippen LogP contribution in [0.5, 0.6) is 5.88 Å². The van der Waals surface area contributed by atoms with E-state index in [0.717, 1.165) is 55.9 Å². The molecule has 0 amide bonds. The molecule has 0 bridgehead atoms. The summed E-state index contributed by atoms with van der Waals surface area (Å²) in [5.74, 6) is 1.64. The van der Waals surface area contributed by atoms with Crippen LogP contribution in [0.4, 0.5) is 0 Å². The first-order valence-electron chi connectivity index (χ1n) is 12.9. The molecule has 2 aromatic rings. The smallest absolute Gasteiger partial charge is 0.233 e. The average Bonchev–Trinajstić information content (AvgIpc) is 2.93. The third-order valence-electron chi connectivity index (χ3n) is 6.80. The molecule has 1 aromatic carbocycles. The van der Waals surface area contributed by atoms with Crippen LogP contribution in [0.25, 0.3) is 11.3 Å². The predicted octanol–water partition coefficient (Wildman–Crippen LogP) is 4.42. The molecule has 200 valence electrons. The molecule has 1 aromatic heterocycles. The van der Waals surface area contributed by atoms with Crippen molar-refractivity contribution in [3.8, 4) is 17.1 Å². The Bertz CT molecular complexity index is 1390. The first kappa shape index (κ1) is 26.1. The minimum Gasteiger partial charge on any atom is -0.475 e. The van der Waals surface area contributed by atoms with Gasteiger partial charge >= 0.3 is 0 Å². The number of aromatic nitrogens is 1. The Morgan fingerprint density at radius 3 is 2.50 bits per heavy atom. The molecule has 9 heteroatoms. The topological polar surface area (TPSA) is 81.2 Å². The lowest BCUT2D eigenvalue weighted by molar-refractivity contribution is 0.0779. The van der Waals surface area contributed by atoms with E-state index in [4.69, 9.17) is 14.2 Å². The van der Waals surface area contributed by atoms with Crippen LogP contribution >= 0.6 is 0 Å². The van der Waals surface area contributed by atoms with Crippen molar-refractivity contribution >= 4 is 9.84 Å². The van der Waals surface area contributed by atoms with Gasteiger partial charge in [-0.05, 0) is 37.0 Å². The van der Waals surface area contributed by atoms with E-state index >= 15 is 0 Å². The third-order valence-corrected chi connectivity index (χ3v) is 8.04. The van der Waals surface area contributed by atoms with E-state index in [0.29, 0.717) is 30.3 Å². The molecule has 1 saturated heterocycles. The van der Waals surface area contributed by atoms with Crippen LogP contribution in [0, 0.1) is 6.92 Å². The van der Waals surface area contributed by atoms with E-state index in [9.17, 15) is 8.42 Å². The molecule has 3 heterocycles. The fraction of sp³-hybridized carbons (Fsp3) is 0.345. The van der Waals surface area contributed by atoms with Crippen molar-refractivity contribution in [1.82, 2.24) is 14.8 Å². The second kappa shape index (κ2) is 11.4. The highest BCUT2D eigenvalue weighted by Crippen LogP contribution is 2.30. The van der Waals surface area contributed by atoms with Gasteiger partial charge < -0.3 is 19.1 Å². The number of allylic oxidation sites excluding steroid dienone is 4. The molecule has 0 saturated carbocycles. The monoisotopic (exact) mass is 535 g/mol. The largest absolute Gasteiger partial charge is 0.475 e. The molecule has 0 radical (unpaired) electrons. The van der Waals surface area contributed by atoms with Gasteiger partial charge in [0.2, 0.25) is 11.8 Å². The van der Waals surface area contributed by atoms with Gasteiger partial charge in [-0.25, -0.2) is 13.4 Å². The number of piperazine rings is 1. The zero-order valence-electron chi connectivity index (χ0n) is 21.8. The second-order valence-corrected chi connectivity index (χ2v) is 11.6. The van der Waals surface area contributed by atoms with E-state index in [1.165, 1.54) is 6.26 Å². The molecule has 0 atom stereocenters. The van der Waals surface area contributed by atoms with Gasteiger partial charge in [-0.1, -0.05) is 48.6 Å². The van der Waals surface area contributed by atoms with Gasteiger partial charge in [0.1, 0.15) is 17.8 Å². The number of pyridine rings is 1. The summed E-state index contributed by atoms with van der Waals surface area (Å²) in [5.41, 5.74) is 3.37. The van der Waals surface area contributed by atoms with Crippen molar-refractivity contribution in [3.05, 3.63) is 89.9 Å². The molecule has 8 nitrogen and oxygen atoms in total. The highest BCUT2D eigenvalue weighted by Gasteiger charge is 2.24. The number of ether oxygens (including phenoxy) is 3. The Labute approximate surface area is 224 Å². The Balaban J connectivity index is 1.16. The molecule has 2 aliphatic heterocycles. The number of hydrogen-bond acceptors (Lipinski definition) is 8. The standard InChI is InChI=1S/C29H33N3O5S/c1-22-19-25(23-9-5-3-6-10-23)30-29(28(22)38(2,33)34)35-18-17-31-13-15-32(16-14-31)27-21-36-26(20-37-27)24-11-7-4-8-12-24/h3-7,9-11,19-21H,8,12-18H2,1-2H3. The number of sulfone groups is 1. The summed E-state index contributed by atoms with van der Waals surface area (Å²) >= 11 is 0. The van der Waals surface area contributed by atoms with Gasteiger partial charge in [0, 0.05) is 44.5 Å². The molecule has 0 N–H and O–H groups in total. The van der Waals surface area contributed by atoms with Crippen molar-refractivity contribution in [3.63, 3.8) is 0 Å². The minimum atomic E-state index is -3.50. The lowest BCUT2D eigenvalue weighted by Gasteiger charge is -2.36. The fourth-order valence-corrected chi connectivity index (χ4v) is 5.86. The average molecular weight is 536 g/mol. The summed E-state index contributed by atoms with van der Waals surface area (Å²) in [7, 11) is -3.50. The molecular weight excluding hydrogens is 502 g/mol. The summed E-state index contributed by atoms with van der Waals surface area (Å²) in [5, 5.41) is 0. The van der Waals surface area contributed by atoms with E-state index in [-0.39, 0.29) is 10.8 Å². The van der Waals surface area contributed by atoms with E-state index in [1.807, 2.05) is 36.4 Å². The van der Waals surface area contributed by atoms with Crippen LogP contribution in [0.2, 0.25) is 0 Å². The number of nitrogens with zero attached hydrogens (tertiary/aromatic N) is 3.